The Balaban J connectivity index is 2.47. The van der Waals surface area contributed by atoms with Crippen LogP contribution in [0.3, 0.4) is 0 Å². The Labute approximate surface area is 86.1 Å². The molecule has 3 N–H and O–H groups in total. The van der Waals surface area contributed by atoms with Crippen molar-refractivity contribution in [2.75, 3.05) is 0 Å². The minimum Gasteiger partial charge on any atom is -0.341 e. The fourth-order valence-corrected chi connectivity index (χ4v) is 1.77. The Morgan fingerprint density at radius 1 is 1.27 bits per heavy atom. The summed E-state index contributed by atoms with van der Waals surface area (Å²) in [6.45, 7) is 0.427. The predicted molar refractivity (Wildman–Crippen MR) is 59.3 cm³/mol. The van der Waals surface area contributed by atoms with Crippen LogP contribution in [0.1, 0.15) is 5.82 Å². The van der Waals surface area contributed by atoms with Crippen LogP contribution < -0.4 is 5.73 Å². The molecule has 74 valence electrons. The van der Waals surface area contributed by atoms with Gasteiger partial charge in [0.1, 0.15) is 5.82 Å². The van der Waals surface area contributed by atoms with E-state index in [4.69, 9.17) is 5.73 Å². The molecule has 0 amide bonds. The first-order valence-electron chi connectivity index (χ1n) is 4.81. The highest BCUT2D eigenvalue weighted by Crippen LogP contribution is 2.21. The molecule has 0 spiro atoms. The van der Waals surface area contributed by atoms with Crippen LogP contribution in [-0.4, -0.2) is 15.0 Å². The number of nitrogens with zero attached hydrogens (tertiary/aromatic N) is 2. The van der Waals surface area contributed by atoms with Crippen molar-refractivity contribution in [2.24, 2.45) is 5.73 Å². The van der Waals surface area contributed by atoms with E-state index in [1.165, 1.54) is 0 Å². The zero-order chi connectivity index (χ0) is 10.3. The van der Waals surface area contributed by atoms with E-state index >= 15 is 0 Å². The SMILES string of the molecule is NCc1nc2c(ccc3ncccc32)[nH]1. The number of benzene rings is 1. The molecule has 0 saturated carbocycles. The summed E-state index contributed by atoms with van der Waals surface area (Å²) in [5.41, 5.74) is 8.46. The van der Waals surface area contributed by atoms with E-state index in [1.54, 1.807) is 6.20 Å². The maximum atomic E-state index is 5.55. The van der Waals surface area contributed by atoms with Gasteiger partial charge in [0, 0.05) is 11.6 Å². The zero-order valence-corrected chi connectivity index (χ0v) is 8.07. The third-order valence-electron chi connectivity index (χ3n) is 2.48. The number of aromatic nitrogens is 3. The van der Waals surface area contributed by atoms with Crippen molar-refractivity contribution in [1.29, 1.82) is 0 Å². The van der Waals surface area contributed by atoms with Gasteiger partial charge in [-0.3, -0.25) is 4.98 Å². The van der Waals surface area contributed by atoms with E-state index in [0.29, 0.717) is 6.54 Å². The number of imidazole rings is 1. The minimum absolute atomic E-state index is 0.427. The number of aromatic amines is 1. The lowest BCUT2D eigenvalue weighted by Crippen LogP contribution is -1.97. The average Bonchev–Trinajstić information content (AvgIpc) is 2.72. The molecule has 0 radical (unpaired) electrons. The van der Waals surface area contributed by atoms with E-state index in [0.717, 1.165) is 27.8 Å². The fourth-order valence-electron chi connectivity index (χ4n) is 1.77. The van der Waals surface area contributed by atoms with Crippen LogP contribution in [-0.2, 0) is 6.54 Å². The van der Waals surface area contributed by atoms with Gasteiger partial charge in [0.15, 0.2) is 0 Å². The van der Waals surface area contributed by atoms with Gasteiger partial charge >= 0.3 is 0 Å². The lowest BCUT2D eigenvalue weighted by Gasteiger charge is -1.95. The largest absolute Gasteiger partial charge is 0.341 e. The lowest BCUT2D eigenvalue weighted by atomic mass is 10.2. The Morgan fingerprint density at radius 3 is 3.07 bits per heavy atom. The first-order chi connectivity index (χ1) is 7.38. The number of pyridine rings is 1. The highest BCUT2D eigenvalue weighted by Gasteiger charge is 2.05. The molecule has 0 unspecified atom stereocenters. The molecule has 0 aliphatic heterocycles. The maximum absolute atomic E-state index is 5.55. The van der Waals surface area contributed by atoms with Crippen LogP contribution in [0.25, 0.3) is 21.9 Å². The third-order valence-corrected chi connectivity index (χ3v) is 2.48. The summed E-state index contributed by atoms with van der Waals surface area (Å²) < 4.78 is 0. The zero-order valence-electron chi connectivity index (χ0n) is 8.07. The summed E-state index contributed by atoms with van der Waals surface area (Å²) in [6.07, 6.45) is 1.78. The minimum atomic E-state index is 0.427. The topological polar surface area (TPSA) is 67.6 Å². The number of rotatable bonds is 1. The Kier molecular flexibility index (Phi) is 1.69. The normalized spacial score (nSPS) is 11.3. The van der Waals surface area contributed by atoms with Crippen molar-refractivity contribution in [3.05, 3.63) is 36.3 Å². The van der Waals surface area contributed by atoms with Gasteiger partial charge < -0.3 is 10.7 Å². The van der Waals surface area contributed by atoms with Crippen molar-refractivity contribution >= 4 is 21.9 Å². The summed E-state index contributed by atoms with van der Waals surface area (Å²) in [5.74, 6) is 0.807. The molecule has 4 nitrogen and oxygen atoms in total. The van der Waals surface area contributed by atoms with Crippen molar-refractivity contribution < 1.29 is 0 Å². The van der Waals surface area contributed by atoms with E-state index in [1.807, 2.05) is 24.3 Å². The van der Waals surface area contributed by atoms with Crippen molar-refractivity contribution in [3.63, 3.8) is 0 Å². The molecular formula is C11H10N4. The third kappa shape index (κ3) is 1.19. The second kappa shape index (κ2) is 3.03. The summed E-state index contributed by atoms with van der Waals surface area (Å²) in [4.78, 5) is 11.9. The number of nitrogens with one attached hydrogen (secondary N) is 1. The number of fused-ring (bicyclic) bond motifs is 3. The Morgan fingerprint density at radius 2 is 2.20 bits per heavy atom. The molecule has 3 aromatic rings. The first-order valence-corrected chi connectivity index (χ1v) is 4.81. The smallest absolute Gasteiger partial charge is 0.121 e. The number of hydrogen-bond acceptors (Lipinski definition) is 3. The van der Waals surface area contributed by atoms with Crippen LogP contribution >= 0.6 is 0 Å². The molecule has 1 aromatic carbocycles. The molecule has 4 heteroatoms. The standard InChI is InChI=1S/C11H10N4/c12-6-10-14-9-4-3-8-7(11(9)15-10)2-1-5-13-8/h1-5H,6,12H2,(H,14,15). The van der Waals surface area contributed by atoms with Gasteiger partial charge in [0.05, 0.1) is 23.1 Å². The van der Waals surface area contributed by atoms with Gasteiger partial charge in [-0.15, -0.1) is 0 Å². The molecule has 2 heterocycles. The van der Waals surface area contributed by atoms with Gasteiger partial charge in [-0.25, -0.2) is 4.98 Å². The molecular weight excluding hydrogens is 188 g/mol. The molecule has 0 aliphatic carbocycles. The van der Waals surface area contributed by atoms with E-state index < -0.39 is 0 Å². The van der Waals surface area contributed by atoms with Gasteiger partial charge in [0.2, 0.25) is 0 Å². The molecule has 0 bridgehead atoms. The Hall–Kier alpha value is -1.94. The second-order valence-electron chi connectivity index (χ2n) is 3.42. The summed E-state index contributed by atoms with van der Waals surface area (Å²) in [7, 11) is 0. The predicted octanol–water partition coefficient (Wildman–Crippen LogP) is 1.57. The molecule has 0 aliphatic rings. The summed E-state index contributed by atoms with van der Waals surface area (Å²) in [6, 6.07) is 7.90. The van der Waals surface area contributed by atoms with Crippen molar-refractivity contribution in [1.82, 2.24) is 15.0 Å². The number of nitrogens with two attached hydrogens (primary N) is 1. The number of hydrogen-bond donors (Lipinski definition) is 2. The average molecular weight is 198 g/mol. The maximum Gasteiger partial charge on any atom is 0.121 e. The first kappa shape index (κ1) is 8.38. The summed E-state index contributed by atoms with van der Waals surface area (Å²) >= 11 is 0. The Bertz CT molecular complexity index is 627. The van der Waals surface area contributed by atoms with Crippen molar-refractivity contribution in [3.8, 4) is 0 Å². The van der Waals surface area contributed by atoms with Crippen LogP contribution in [0.5, 0.6) is 0 Å². The van der Waals surface area contributed by atoms with E-state index in [9.17, 15) is 0 Å². The molecule has 2 aromatic heterocycles. The van der Waals surface area contributed by atoms with Gasteiger partial charge in [-0.1, -0.05) is 0 Å². The highest BCUT2D eigenvalue weighted by atomic mass is 14.9. The lowest BCUT2D eigenvalue weighted by molar-refractivity contribution is 0.959. The quantitative estimate of drug-likeness (QED) is 0.623. The fraction of sp³-hybridized carbons (Fsp3) is 0.0909. The molecule has 0 atom stereocenters. The molecule has 0 fully saturated rings. The monoisotopic (exact) mass is 198 g/mol. The van der Waals surface area contributed by atoms with Crippen LogP contribution in [0.2, 0.25) is 0 Å². The van der Waals surface area contributed by atoms with Crippen LogP contribution in [0, 0.1) is 0 Å². The molecule has 0 saturated heterocycles. The van der Waals surface area contributed by atoms with Crippen LogP contribution in [0.15, 0.2) is 30.5 Å². The van der Waals surface area contributed by atoms with E-state index in [-0.39, 0.29) is 0 Å². The van der Waals surface area contributed by atoms with Crippen molar-refractivity contribution in [2.45, 2.75) is 6.54 Å². The van der Waals surface area contributed by atoms with E-state index in [2.05, 4.69) is 15.0 Å². The molecule has 3 rings (SSSR count). The van der Waals surface area contributed by atoms with Gasteiger partial charge in [-0.05, 0) is 24.3 Å². The summed E-state index contributed by atoms with van der Waals surface area (Å²) in [5, 5.41) is 1.06. The number of H-pyrrole nitrogens is 1. The second-order valence-corrected chi connectivity index (χ2v) is 3.42. The highest BCUT2D eigenvalue weighted by molar-refractivity contribution is 6.02. The molecule has 15 heavy (non-hydrogen) atoms. The van der Waals surface area contributed by atoms with Crippen LogP contribution in [0.4, 0.5) is 0 Å². The van der Waals surface area contributed by atoms with Gasteiger partial charge in [0.25, 0.3) is 0 Å². The van der Waals surface area contributed by atoms with Gasteiger partial charge in [-0.2, -0.15) is 0 Å².